The maximum atomic E-state index is 10.8. The molecule has 1 heterocycles. The van der Waals surface area contributed by atoms with Crippen LogP contribution in [0.25, 0.3) is 0 Å². The molecular weight excluding hydrogens is 278 g/mol. The van der Waals surface area contributed by atoms with Crippen LogP contribution in [-0.4, -0.2) is 42.5 Å². The molecule has 5 nitrogen and oxygen atoms in total. The molecule has 110 valence electrons. The molecule has 1 aromatic carbocycles. The molecule has 0 bridgehead atoms. The maximum absolute atomic E-state index is 10.8. The van der Waals surface area contributed by atoms with Gasteiger partial charge in [-0.15, -0.1) is 0 Å². The Morgan fingerprint density at radius 1 is 1.30 bits per heavy atom. The molecule has 20 heavy (non-hydrogen) atoms. The molecule has 0 aromatic heterocycles. The third-order valence-electron chi connectivity index (χ3n) is 3.61. The molecule has 0 unspecified atom stereocenters. The number of nitrogens with one attached hydrogen (secondary N) is 1. The van der Waals surface area contributed by atoms with E-state index in [1.54, 1.807) is 12.1 Å². The van der Waals surface area contributed by atoms with E-state index in [2.05, 4.69) is 10.2 Å². The molecular formula is C14H20ClN3O2. The first kappa shape index (κ1) is 15.2. The van der Waals surface area contributed by atoms with E-state index >= 15 is 0 Å². The van der Waals surface area contributed by atoms with Gasteiger partial charge in [-0.1, -0.05) is 17.7 Å². The lowest BCUT2D eigenvalue weighted by molar-refractivity contribution is -0.384. The van der Waals surface area contributed by atoms with Crippen molar-refractivity contribution in [3.63, 3.8) is 0 Å². The Labute approximate surface area is 124 Å². The summed E-state index contributed by atoms with van der Waals surface area (Å²) in [5, 5.41) is 14.4. The van der Waals surface area contributed by atoms with Gasteiger partial charge in [0.15, 0.2) is 0 Å². The molecule has 0 amide bonds. The molecule has 1 N–H and O–H groups in total. The van der Waals surface area contributed by atoms with Gasteiger partial charge in [0.2, 0.25) is 0 Å². The van der Waals surface area contributed by atoms with Gasteiger partial charge in [-0.25, -0.2) is 0 Å². The number of unbranched alkanes of at least 4 members (excludes halogenated alkanes) is 1. The number of aryl methyl sites for hydroxylation is 1. The summed E-state index contributed by atoms with van der Waals surface area (Å²) in [5.41, 5.74) is 0.993. The predicted octanol–water partition coefficient (Wildman–Crippen LogP) is 2.48. The van der Waals surface area contributed by atoms with E-state index in [-0.39, 0.29) is 10.7 Å². The Bertz CT molecular complexity index is 462. The first-order valence-corrected chi connectivity index (χ1v) is 7.40. The average Bonchev–Trinajstić information content (AvgIpc) is 2.46. The minimum atomic E-state index is -0.424. The maximum Gasteiger partial charge on any atom is 0.288 e. The van der Waals surface area contributed by atoms with Crippen LogP contribution < -0.4 is 5.32 Å². The Kier molecular flexibility index (Phi) is 5.76. The lowest BCUT2D eigenvalue weighted by Gasteiger charge is -2.27. The van der Waals surface area contributed by atoms with Crippen molar-refractivity contribution in [3.8, 4) is 0 Å². The number of nitro groups is 1. The van der Waals surface area contributed by atoms with Gasteiger partial charge in [-0.2, -0.15) is 0 Å². The SMILES string of the molecule is O=[N+]([O-])c1cc(CCCCN2CCNCC2)ccc1Cl. The van der Waals surface area contributed by atoms with Crippen molar-refractivity contribution < 1.29 is 4.92 Å². The standard InChI is InChI=1S/C14H20ClN3O2/c15-13-5-4-12(11-14(13)18(19)20)3-1-2-8-17-9-6-16-7-10-17/h4-5,11,16H,1-3,6-10H2. The third-order valence-corrected chi connectivity index (χ3v) is 3.93. The topological polar surface area (TPSA) is 58.4 Å². The fraction of sp³-hybridized carbons (Fsp3) is 0.571. The summed E-state index contributed by atoms with van der Waals surface area (Å²) in [5.74, 6) is 0. The monoisotopic (exact) mass is 297 g/mol. The minimum Gasteiger partial charge on any atom is -0.314 e. The number of nitrogens with zero attached hydrogens (tertiary/aromatic N) is 2. The molecule has 0 aliphatic carbocycles. The van der Waals surface area contributed by atoms with Crippen LogP contribution in [0.4, 0.5) is 5.69 Å². The molecule has 0 saturated carbocycles. The second kappa shape index (κ2) is 7.57. The van der Waals surface area contributed by atoms with Crippen LogP contribution in [0.1, 0.15) is 18.4 Å². The van der Waals surface area contributed by atoms with E-state index in [1.165, 1.54) is 0 Å². The van der Waals surface area contributed by atoms with Gasteiger partial charge >= 0.3 is 0 Å². The lowest BCUT2D eigenvalue weighted by Crippen LogP contribution is -2.43. The fourth-order valence-corrected chi connectivity index (χ4v) is 2.64. The molecule has 1 fully saturated rings. The molecule has 6 heteroatoms. The Morgan fingerprint density at radius 2 is 2.05 bits per heavy atom. The molecule has 1 saturated heterocycles. The lowest BCUT2D eigenvalue weighted by atomic mass is 10.1. The number of hydrogen-bond acceptors (Lipinski definition) is 4. The molecule has 1 aliphatic rings. The van der Waals surface area contributed by atoms with Crippen LogP contribution in [0.3, 0.4) is 0 Å². The molecule has 2 rings (SSSR count). The molecule has 0 radical (unpaired) electrons. The zero-order valence-corrected chi connectivity index (χ0v) is 12.2. The second-order valence-corrected chi connectivity index (χ2v) is 5.50. The van der Waals surface area contributed by atoms with Crippen LogP contribution in [-0.2, 0) is 6.42 Å². The van der Waals surface area contributed by atoms with E-state index in [0.717, 1.165) is 57.5 Å². The van der Waals surface area contributed by atoms with Crippen LogP contribution in [0.15, 0.2) is 18.2 Å². The van der Waals surface area contributed by atoms with Gasteiger partial charge in [0, 0.05) is 32.2 Å². The fourth-order valence-electron chi connectivity index (χ4n) is 2.45. The molecule has 0 atom stereocenters. The Hall–Kier alpha value is -1.17. The highest BCUT2D eigenvalue weighted by atomic mass is 35.5. The summed E-state index contributed by atoms with van der Waals surface area (Å²) >= 11 is 5.80. The van der Waals surface area contributed by atoms with E-state index < -0.39 is 4.92 Å². The van der Waals surface area contributed by atoms with Crippen molar-refractivity contribution in [2.24, 2.45) is 0 Å². The smallest absolute Gasteiger partial charge is 0.288 e. The number of hydrogen-bond donors (Lipinski definition) is 1. The van der Waals surface area contributed by atoms with Crippen LogP contribution >= 0.6 is 11.6 Å². The van der Waals surface area contributed by atoms with Crippen LogP contribution in [0.5, 0.6) is 0 Å². The van der Waals surface area contributed by atoms with Crippen molar-refractivity contribution in [2.75, 3.05) is 32.7 Å². The van der Waals surface area contributed by atoms with Crippen molar-refractivity contribution in [3.05, 3.63) is 38.9 Å². The van der Waals surface area contributed by atoms with Crippen LogP contribution in [0.2, 0.25) is 5.02 Å². The Morgan fingerprint density at radius 3 is 2.75 bits per heavy atom. The van der Waals surface area contributed by atoms with E-state index in [9.17, 15) is 10.1 Å². The van der Waals surface area contributed by atoms with Gasteiger partial charge in [0.05, 0.1) is 4.92 Å². The number of benzene rings is 1. The van der Waals surface area contributed by atoms with E-state index in [0.29, 0.717) is 0 Å². The van der Waals surface area contributed by atoms with Crippen molar-refractivity contribution in [2.45, 2.75) is 19.3 Å². The number of nitro benzene ring substituents is 1. The zero-order valence-electron chi connectivity index (χ0n) is 11.5. The minimum absolute atomic E-state index is 0.00581. The summed E-state index contributed by atoms with van der Waals surface area (Å²) in [6.07, 6.45) is 3.03. The van der Waals surface area contributed by atoms with E-state index in [1.807, 2.05) is 6.07 Å². The summed E-state index contributed by atoms with van der Waals surface area (Å²) in [6.45, 7) is 5.49. The highest BCUT2D eigenvalue weighted by Crippen LogP contribution is 2.25. The van der Waals surface area contributed by atoms with Gasteiger partial charge in [-0.05, 0) is 37.4 Å². The van der Waals surface area contributed by atoms with Gasteiger partial charge in [0.1, 0.15) is 5.02 Å². The zero-order chi connectivity index (χ0) is 14.4. The highest BCUT2D eigenvalue weighted by molar-refractivity contribution is 6.32. The first-order chi connectivity index (χ1) is 9.66. The quantitative estimate of drug-likeness (QED) is 0.498. The third kappa shape index (κ3) is 4.44. The molecule has 1 aliphatic heterocycles. The predicted molar refractivity (Wildman–Crippen MR) is 80.4 cm³/mol. The van der Waals surface area contributed by atoms with Crippen LogP contribution in [0, 0.1) is 10.1 Å². The number of piperazine rings is 1. The number of halogens is 1. The second-order valence-electron chi connectivity index (χ2n) is 5.09. The Balaban J connectivity index is 1.76. The normalized spacial score (nSPS) is 16.2. The first-order valence-electron chi connectivity index (χ1n) is 7.03. The molecule has 0 spiro atoms. The summed E-state index contributed by atoms with van der Waals surface area (Å²) in [4.78, 5) is 12.9. The summed E-state index contributed by atoms with van der Waals surface area (Å²) in [7, 11) is 0. The largest absolute Gasteiger partial charge is 0.314 e. The highest BCUT2D eigenvalue weighted by Gasteiger charge is 2.13. The van der Waals surface area contributed by atoms with Crippen molar-refractivity contribution in [1.82, 2.24) is 10.2 Å². The van der Waals surface area contributed by atoms with Gasteiger partial charge in [0.25, 0.3) is 5.69 Å². The van der Waals surface area contributed by atoms with Crippen molar-refractivity contribution in [1.29, 1.82) is 0 Å². The summed E-state index contributed by atoms with van der Waals surface area (Å²) in [6, 6.07) is 5.08. The average molecular weight is 298 g/mol. The van der Waals surface area contributed by atoms with E-state index in [4.69, 9.17) is 11.6 Å². The molecule has 1 aromatic rings. The summed E-state index contributed by atoms with van der Waals surface area (Å²) < 4.78 is 0. The van der Waals surface area contributed by atoms with Gasteiger partial charge < -0.3 is 10.2 Å². The number of rotatable bonds is 6. The van der Waals surface area contributed by atoms with Gasteiger partial charge in [-0.3, -0.25) is 10.1 Å². The van der Waals surface area contributed by atoms with Crippen molar-refractivity contribution >= 4 is 17.3 Å².